The average molecular weight is 362 g/mol. The highest BCUT2D eigenvalue weighted by molar-refractivity contribution is 5.96. The highest BCUT2D eigenvalue weighted by Crippen LogP contribution is 2.25. The topological polar surface area (TPSA) is 67.4 Å². The van der Waals surface area contributed by atoms with Crippen LogP contribution in [0, 0.1) is 6.92 Å². The summed E-state index contributed by atoms with van der Waals surface area (Å²) < 4.78 is 5.24. The summed E-state index contributed by atoms with van der Waals surface area (Å²) in [6, 6.07) is 19.3. The second kappa shape index (κ2) is 8.36. The van der Waals surface area contributed by atoms with Gasteiger partial charge in [-0.2, -0.15) is 0 Å². The maximum absolute atomic E-state index is 12.3. The number of fused-ring (bicyclic) bond motifs is 1. The van der Waals surface area contributed by atoms with Crippen LogP contribution < -0.4 is 15.4 Å². The summed E-state index contributed by atoms with van der Waals surface area (Å²) in [5.74, 6) is 0.0823. The first-order valence-corrected chi connectivity index (χ1v) is 8.74. The van der Waals surface area contributed by atoms with Crippen molar-refractivity contribution in [2.75, 3.05) is 19.0 Å². The van der Waals surface area contributed by atoms with Crippen molar-refractivity contribution in [3.8, 4) is 5.75 Å². The molecule has 0 aliphatic rings. The van der Waals surface area contributed by atoms with Crippen LogP contribution in [0.15, 0.2) is 60.7 Å². The molecule has 2 amide bonds. The van der Waals surface area contributed by atoms with Gasteiger partial charge in [0.15, 0.2) is 0 Å². The van der Waals surface area contributed by atoms with Crippen LogP contribution in [0.1, 0.15) is 11.1 Å². The third kappa shape index (κ3) is 4.64. The fourth-order valence-electron chi connectivity index (χ4n) is 2.97. The Morgan fingerprint density at radius 2 is 1.74 bits per heavy atom. The maximum atomic E-state index is 12.3. The van der Waals surface area contributed by atoms with Gasteiger partial charge in [0.1, 0.15) is 5.75 Å². The Morgan fingerprint density at radius 1 is 0.963 bits per heavy atom. The Hall–Kier alpha value is -3.34. The number of ether oxygens (including phenoxy) is 1. The maximum Gasteiger partial charge on any atom is 0.243 e. The fraction of sp³-hybridized carbons (Fsp3) is 0.182. The molecule has 138 valence electrons. The molecule has 0 radical (unpaired) electrons. The minimum absolute atomic E-state index is 0.0965. The van der Waals surface area contributed by atoms with E-state index < -0.39 is 0 Å². The van der Waals surface area contributed by atoms with Gasteiger partial charge in [0.05, 0.1) is 25.8 Å². The van der Waals surface area contributed by atoms with Gasteiger partial charge in [-0.1, -0.05) is 48.5 Å². The van der Waals surface area contributed by atoms with Gasteiger partial charge in [0, 0.05) is 0 Å². The van der Waals surface area contributed by atoms with Gasteiger partial charge in [-0.05, 0) is 41.0 Å². The molecule has 0 atom stereocenters. The molecule has 0 aliphatic carbocycles. The van der Waals surface area contributed by atoms with Gasteiger partial charge >= 0.3 is 0 Å². The second-order valence-corrected chi connectivity index (χ2v) is 6.34. The Bertz CT molecular complexity index is 977. The minimum Gasteiger partial charge on any atom is -0.495 e. The number of hydrogen-bond donors (Lipinski definition) is 2. The highest BCUT2D eigenvalue weighted by Gasteiger charge is 2.11. The molecule has 0 saturated carbocycles. The Balaban J connectivity index is 1.59. The number of amides is 2. The molecular weight excluding hydrogens is 340 g/mol. The number of nitrogens with one attached hydrogen (secondary N) is 2. The molecule has 2 N–H and O–H groups in total. The molecule has 27 heavy (non-hydrogen) atoms. The van der Waals surface area contributed by atoms with Crippen molar-refractivity contribution in [2.45, 2.75) is 13.3 Å². The summed E-state index contributed by atoms with van der Waals surface area (Å²) in [6.45, 7) is 1.84. The van der Waals surface area contributed by atoms with Gasteiger partial charge in [-0.25, -0.2) is 0 Å². The number of benzene rings is 3. The lowest BCUT2D eigenvalue weighted by molar-refractivity contribution is -0.123. The Kier molecular flexibility index (Phi) is 5.71. The number of rotatable bonds is 6. The zero-order chi connectivity index (χ0) is 19.2. The van der Waals surface area contributed by atoms with Crippen LogP contribution in [0.5, 0.6) is 5.75 Å². The number of carbonyl (C=O) groups excluding carboxylic acids is 2. The summed E-state index contributed by atoms with van der Waals surface area (Å²) in [5, 5.41) is 7.58. The van der Waals surface area contributed by atoms with Gasteiger partial charge in [0.25, 0.3) is 0 Å². The first-order chi connectivity index (χ1) is 13.1. The van der Waals surface area contributed by atoms with Crippen molar-refractivity contribution in [1.82, 2.24) is 5.32 Å². The predicted octanol–water partition coefficient (Wildman–Crippen LogP) is 3.45. The van der Waals surface area contributed by atoms with E-state index in [4.69, 9.17) is 4.74 Å². The van der Waals surface area contributed by atoms with Crippen molar-refractivity contribution >= 4 is 28.3 Å². The van der Waals surface area contributed by atoms with Gasteiger partial charge in [0.2, 0.25) is 11.8 Å². The van der Waals surface area contributed by atoms with Crippen LogP contribution in [0.4, 0.5) is 5.69 Å². The second-order valence-electron chi connectivity index (χ2n) is 6.34. The normalized spacial score (nSPS) is 10.4. The number of carbonyl (C=O) groups is 2. The fourth-order valence-corrected chi connectivity index (χ4v) is 2.97. The van der Waals surface area contributed by atoms with Crippen LogP contribution in [0.25, 0.3) is 10.8 Å². The van der Waals surface area contributed by atoms with Crippen LogP contribution >= 0.6 is 0 Å². The summed E-state index contributed by atoms with van der Waals surface area (Å²) in [6.07, 6.45) is 0.225. The van der Waals surface area contributed by atoms with E-state index in [0.29, 0.717) is 11.4 Å². The van der Waals surface area contributed by atoms with Crippen molar-refractivity contribution in [3.63, 3.8) is 0 Å². The third-order valence-electron chi connectivity index (χ3n) is 4.31. The van der Waals surface area contributed by atoms with E-state index in [1.807, 2.05) is 61.5 Å². The monoisotopic (exact) mass is 362 g/mol. The van der Waals surface area contributed by atoms with E-state index in [0.717, 1.165) is 21.9 Å². The number of methoxy groups -OCH3 is 1. The largest absolute Gasteiger partial charge is 0.495 e. The molecule has 0 aliphatic heterocycles. The molecule has 0 spiro atoms. The van der Waals surface area contributed by atoms with Crippen molar-refractivity contribution in [3.05, 3.63) is 71.8 Å². The first kappa shape index (κ1) is 18.5. The average Bonchev–Trinajstić information content (AvgIpc) is 2.67. The van der Waals surface area contributed by atoms with E-state index in [2.05, 4.69) is 10.6 Å². The molecule has 5 nitrogen and oxygen atoms in total. The minimum atomic E-state index is -0.301. The molecule has 5 heteroatoms. The lowest BCUT2D eigenvalue weighted by atomic mass is 10.0. The molecule has 0 heterocycles. The van der Waals surface area contributed by atoms with E-state index in [1.165, 1.54) is 0 Å². The van der Waals surface area contributed by atoms with Crippen molar-refractivity contribution < 1.29 is 14.3 Å². The number of anilines is 1. The lowest BCUT2D eigenvalue weighted by Gasteiger charge is -2.12. The van der Waals surface area contributed by atoms with Crippen LogP contribution in [-0.2, 0) is 16.0 Å². The predicted molar refractivity (Wildman–Crippen MR) is 107 cm³/mol. The van der Waals surface area contributed by atoms with Crippen molar-refractivity contribution in [1.29, 1.82) is 0 Å². The molecule has 0 unspecified atom stereocenters. The SMILES string of the molecule is COc1ccc(C)cc1NC(=O)CNC(=O)Cc1cccc2ccccc12. The molecular formula is C22H22N2O3. The first-order valence-electron chi connectivity index (χ1n) is 8.74. The van der Waals surface area contributed by atoms with Crippen LogP contribution in [0.3, 0.4) is 0 Å². The van der Waals surface area contributed by atoms with Gasteiger partial charge in [-0.3, -0.25) is 9.59 Å². The summed E-state index contributed by atoms with van der Waals surface area (Å²) in [5.41, 5.74) is 2.53. The van der Waals surface area contributed by atoms with E-state index in [1.54, 1.807) is 13.2 Å². The van der Waals surface area contributed by atoms with E-state index in [9.17, 15) is 9.59 Å². The zero-order valence-corrected chi connectivity index (χ0v) is 15.4. The van der Waals surface area contributed by atoms with Crippen LogP contribution in [-0.4, -0.2) is 25.5 Å². The van der Waals surface area contributed by atoms with Gasteiger partial charge in [-0.15, -0.1) is 0 Å². The van der Waals surface area contributed by atoms with E-state index >= 15 is 0 Å². The zero-order valence-electron chi connectivity index (χ0n) is 15.4. The molecule has 0 aromatic heterocycles. The quantitative estimate of drug-likeness (QED) is 0.706. The van der Waals surface area contributed by atoms with Gasteiger partial charge < -0.3 is 15.4 Å². The molecule has 0 bridgehead atoms. The highest BCUT2D eigenvalue weighted by atomic mass is 16.5. The third-order valence-corrected chi connectivity index (χ3v) is 4.31. The van der Waals surface area contributed by atoms with Crippen molar-refractivity contribution in [2.24, 2.45) is 0 Å². The molecule has 3 rings (SSSR count). The lowest BCUT2D eigenvalue weighted by Crippen LogP contribution is -2.33. The van der Waals surface area contributed by atoms with Crippen LogP contribution in [0.2, 0.25) is 0 Å². The summed E-state index contributed by atoms with van der Waals surface area (Å²) in [4.78, 5) is 24.5. The standard InChI is InChI=1S/C22H22N2O3/c1-15-10-11-20(27-2)19(12-15)24-22(26)14-23-21(25)13-17-8-5-7-16-6-3-4-9-18(16)17/h3-12H,13-14H2,1-2H3,(H,23,25)(H,24,26). The Morgan fingerprint density at radius 3 is 2.56 bits per heavy atom. The molecule has 3 aromatic rings. The summed E-state index contributed by atoms with van der Waals surface area (Å²) in [7, 11) is 1.55. The summed E-state index contributed by atoms with van der Waals surface area (Å²) >= 11 is 0. The Labute approximate surface area is 158 Å². The molecule has 3 aromatic carbocycles. The smallest absolute Gasteiger partial charge is 0.243 e. The number of hydrogen-bond acceptors (Lipinski definition) is 3. The van der Waals surface area contributed by atoms with E-state index in [-0.39, 0.29) is 24.8 Å². The molecule has 0 saturated heterocycles. The molecule has 0 fully saturated rings. The number of aryl methyl sites for hydroxylation is 1.